The van der Waals surface area contributed by atoms with Crippen LogP contribution in [0.2, 0.25) is 0 Å². The lowest BCUT2D eigenvalue weighted by Crippen LogP contribution is -2.30. The quantitative estimate of drug-likeness (QED) is 0.850. The van der Waals surface area contributed by atoms with E-state index >= 15 is 0 Å². The molecule has 6 nitrogen and oxygen atoms in total. The Hall–Kier alpha value is -1.25. The van der Waals surface area contributed by atoms with Gasteiger partial charge in [-0.05, 0) is 12.8 Å². The lowest BCUT2D eigenvalue weighted by molar-refractivity contribution is -0.126. The van der Waals surface area contributed by atoms with Gasteiger partial charge in [0, 0.05) is 18.8 Å². The fourth-order valence-electron chi connectivity index (χ4n) is 1.95. The lowest BCUT2D eigenvalue weighted by atomic mass is 10.2. The molecule has 114 valence electrons. The second-order valence-electron chi connectivity index (χ2n) is 4.36. The fraction of sp³-hybridized carbons (Fsp3) is 0.636. The number of rotatable bonds is 5. The van der Waals surface area contributed by atoms with Gasteiger partial charge in [-0.1, -0.05) is 0 Å². The SMILES string of the molecule is Cl.NC[C@H]1CC[C@@H](C(=O)Nc2ccn(CC(F)F)n2)O1. The van der Waals surface area contributed by atoms with E-state index in [0.717, 1.165) is 11.1 Å². The molecule has 0 bridgehead atoms. The summed E-state index contributed by atoms with van der Waals surface area (Å²) in [5.74, 6) is -0.0799. The molecule has 1 aliphatic heterocycles. The molecule has 1 amide bonds. The number of hydrogen-bond donors (Lipinski definition) is 2. The number of anilines is 1. The van der Waals surface area contributed by atoms with Gasteiger partial charge >= 0.3 is 0 Å². The lowest BCUT2D eigenvalue weighted by Gasteiger charge is -2.11. The number of carbonyl (C=O) groups is 1. The molecule has 0 spiro atoms. The standard InChI is InChI=1S/C11H16F2N4O2.ClH/c12-9(13)6-17-4-3-10(16-17)15-11(18)8-2-1-7(5-14)19-8;/h3-4,7-9H,1-2,5-6,14H2,(H,15,16,18);1H/t7-,8+;/m1./s1. The largest absolute Gasteiger partial charge is 0.364 e. The van der Waals surface area contributed by atoms with Gasteiger partial charge < -0.3 is 15.8 Å². The van der Waals surface area contributed by atoms with E-state index in [1.54, 1.807) is 0 Å². The minimum Gasteiger partial charge on any atom is -0.364 e. The molecule has 0 unspecified atom stereocenters. The van der Waals surface area contributed by atoms with Crippen LogP contribution in [-0.4, -0.2) is 40.9 Å². The van der Waals surface area contributed by atoms with Crippen molar-refractivity contribution in [1.82, 2.24) is 9.78 Å². The van der Waals surface area contributed by atoms with E-state index in [4.69, 9.17) is 10.5 Å². The maximum atomic E-state index is 12.1. The maximum Gasteiger partial charge on any atom is 0.257 e. The number of halogens is 3. The monoisotopic (exact) mass is 310 g/mol. The van der Waals surface area contributed by atoms with Crippen LogP contribution in [0.4, 0.5) is 14.6 Å². The van der Waals surface area contributed by atoms with Gasteiger partial charge in [0.05, 0.1) is 6.10 Å². The summed E-state index contributed by atoms with van der Waals surface area (Å²) >= 11 is 0. The predicted octanol–water partition coefficient (Wildman–Crippen LogP) is 1.01. The summed E-state index contributed by atoms with van der Waals surface area (Å²) in [6, 6.07) is 1.47. The van der Waals surface area contributed by atoms with Crippen LogP contribution < -0.4 is 11.1 Å². The maximum absolute atomic E-state index is 12.1. The van der Waals surface area contributed by atoms with Crippen LogP contribution in [0.25, 0.3) is 0 Å². The summed E-state index contributed by atoms with van der Waals surface area (Å²) in [4.78, 5) is 11.8. The second kappa shape index (κ2) is 7.51. The minimum absolute atomic E-state index is 0. The summed E-state index contributed by atoms with van der Waals surface area (Å²) < 4.78 is 30.8. The third-order valence-corrected chi connectivity index (χ3v) is 2.88. The average molecular weight is 311 g/mol. The molecule has 3 N–H and O–H groups in total. The highest BCUT2D eigenvalue weighted by Crippen LogP contribution is 2.20. The van der Waals surface area contributed by atoms with Crippen molar-refractivity contribution in [2.75, 3.05) is 11.9 Å². The summed E-state index contributed by atoms with van der Waals surface area (Å²) in [7, 11) is 0. The Morgan fingerprint density at radius 1 is 1.60 bits per heavy atom. The summed E-state index contributed by atoms with van der Waals surface area (Å²) in [6.45, 7) is -0.113. The number of nitrogens with zero attached hydrogens (tertiary/aromatic N) is 2. The van der Waals surface area contributed by atoms with Crippen LogP contribution in [-0.2, 0) is 16.1 Å². The van der Waals surface area contributed by atoms with E-state index < -0.39 is 19.1 Å². The normalized spacial score (nSPS) is 21.8. The number of nitrogens with two attached hydrogens (primary N) is 1. The number of alkyl halides is 2. The van der Waals surface area contributed by atoms with Crippen molar-refractivity contribution in [3.05, 3.63) is 12.3 Å². The van der Waals surface area contributed by atoms with Gasteiger partial charge in [0.25, 0.3) is 12.3 Å². The molecule has 20 heavy (non-hydrogen) atoms. The van der Waals surface area contributed by atoms with Crippen molar-refractivity contribution in [1.29, 1.82) is 0 Å². The number of ether oxygens (including phenoxy) is 1. The molecule has 0 aromatic carbocycles. The third-order valence-electron chi connectivity index (χ3n) is 2.88. The molecule has 9 heteroatoms. The van der Waals surface area contributed by atoms with Crippen molar-refractivity contribution in [3.63, 3.8) is 0 Å². The zero-order valence-electron chi connectivity index (χ0n) is 10.7. The van der Waals surface area contributed by atoms with Gasteiger partial charge in [-0.25, -0.2) is 8.78 Å². The van der Waals surface area contributed by atoms with E-state index in [-0.39, 0.29) is 30.2 Å². The van der Waals surface area contributed by atoms with Crippen LogP contribution in [0, 0.1) is 0 Å². The first-order chi connectivity index (χ1) is 9.08. The molecule has 1 aromatic rings. The van der Waals surface area contributed by atoms with E-state index in [0.29, 0.717) is 13.0 Å². The molecule has 1 aromatic heterocycles. The second-order valence-corrected chi connectivity index (χ2v) is 4.36. The fourth-order valence-corrected chi connectivity index (χ4v) is 1.95. The Balaban J connectivity index is 0.00000200. The Bertz CT molecular complexity index is 444. The van der Waals surface area contributed by atoms with Crippen LogP contribution in [0.1, 0.15) is 12.8 Å². The van der Waals surface area contributed by atoms with E-state index in [2.05, 4.69) is 10.4 Å². The average Bonchev–Trinajstić information content (AvgIpc) is 2.97. The Kier molecular flexibility index (Phi) is 6.31. The predicted molar refractivity (Wildman–Crippen MR) is 71.1 cm³/mol. The number of aromatic nitrogens is 2. The van der Waals surface area contributed by atoms with Gasteiger partial charge in [0.1, 0.15) is 12.6 Å². The van der Waals surface area contributed by atoms with Crippen LogP contribution >= 0.6 is 12.4 Å². The molecule has 2 rings (SSSR count). The molecule has 2 heterocycles. The zero-order valence-corrected chi connectivity index (χ0v) is 11.5. The van der Waals surface area contributed by atoms with E-state index in [1.807, 2.05) is 0 Å². The summed E-state index contributed by atoms with van der Waals surface area (Å²) in [5, 5.41) is 6.37. The van der Waals surface area contributed by atoms with Crippen molar-refractivity contribution < 1.29 is 18.3 Å². The number of nitrogens with one attached hydrogen (secondary N) is 1. The van der Waals surface area contributed by atoms with Gasteiger partial charge in [0.15, 0.2) is 5.82 Å². The first-order valence-corrected chi connectivity index (χ1v) is 6.06. The summed E-state index contributed by atoms with van der Waals surface area (Å²) in [5.41, 5.74) is 5.46. The molecular weight excluding hydrogens is 294 g/mol. The Labute approximate surface area is 121 Å². The van der Waals surface area contributed by atoms with Crippen molar-refractivity contribution in [2.24, 2.45) is 5.73 Å². The molecule has 1 saturated heterocycles. The summed E-state index contributed by atoms with van der Waals surface area (Å²) in [6.07, 6.45) is -0.382. The smallest absolute Gasteiger partial charge is 0.257 e. The number of carbonyl (C=O) groups excluding carboxylic acids is 1. The molecule has 1 aliphatic rings. The topological polar surface area (TPSA) is 82.2 Å². The van der Waals surface area contributed by atoms with Gasteiger partial charge in [-0.3, -0.25) is 9.48 Å². The first kappa shape index (κ1) is 16.8. The molecular formula is C11H17ClF2N4O2. The highest BCUT2D eigenvalue weighted by molar-refractivity contribution is 5.93. The third kappa shape index (κ3) is 4.39. The molecule has 1 fully saturated rings. The Morgan fingerprint density at radius 2 is 2.35 bits per heavy atom. The highest BCUT2D eigenvalue weighted by atomic mass is 35.5. The first-order valence-electron chi connectivity index (χ1n) is 6.06. The van der Waals surface area contributed by atoms with E-state index in [9.17, 15) is 13.6 Å². The van der Waals surface area contributed by atoms with E-state index in [1.165, 1.54) is 12.3 Å². The van der Waals surface area contributed by atoms with Crippen LogP contribution in [0.5, 0.6) is 0 Å². The molecule has 0 saturated carbocycles. The van der Waals surface area contributed by atoms with Gasteiger partial charge in [0.2, 0.25) is 0 Å². The van der Waals surface area contributed by atoms with Crippen molar-refractivity contribution >= 4 is 24.1 Å². The molecule has 0 aliphatic carbocycles. The number of amides is 1. The Morgan fingerprint density at radius 3 is 2.95 bits per heavy atom. The number of hydrogen-bond acceptors (Lipinski definition) is 4. The minimum atomic E-state index is -2.48. The highest BCUT2D eigenvalue weighted by Gasteiger charge is 2.30. The molecule has 2 atom stereocenters. The van der Waals surface area contributed by atoms with Crippen molar-refractivity contribution in [3.8, 4) is 0 Å². The van der Waals surface area contributed by atoms with Gasteiger partial charge in [-0.2, -0.15) is 5.10 Å². The van der Waals surface area contributed by atoms with Crippen molar-refractivity contribution in [2.45, 2.75) is 38.0 Å². The molecule has 0 radical (unpaired) electrons. The van der Waals surface area contributed by atoms with Gasteiger partial charge in [-0.15, -0.1) is 12.4 Å². The zero-order chi connectivity index (χ0) is 13.8. The van der Waals surface area contributed by atoms with Crippen LogP contribution in [0.3, 0.4) is 0 Å². The van der Waals surface area contributed by atoms with Crippen LogP contribution in [0.15, 0.2) is 12.3 Å².